The number of aromatic amines is 2. The maximum atomic E-state index is 13.2. The minimum atomic E-state index is -0.441. The number of amides is 2. The van der Waals surface area contributed by atoms with Crippen molar-refractivity contribution in [3.05, 3.63) is 84.8 Å². The third-order valence-corrected chi connectivity index (χ3v) is 4.88. The molecule has 0 spiro atoms. The molecule has 8 heteroatoms. The number of H-pyrrole nitrogens is 2. The molecule has 31 heavy (non-hydrogen) atoms. The smallest absolute Gasteiger partial charge is 0.308 e. The number of halogens is 1. The average Bonchev–Trinajstić information content (AvgIpc) is 3.43. The summed E-state index contributed by atoms with van der Waals surface area (Å²) >= 11 is 0. The van der Waals surface area contributed by atoms with Gasteiger partial charge in [0.25, 0.3) is 0 Å². The number of carbonyl (C=O) groups excluding carboxylic acids is 1. The second-order valence-electron chi connectivity index (χ2n) is 6.97. The van der Waals surface area contributed by atoms with E-state index in [4.69, 9.17) is 0 Å². The largest absolute Gasteiger partial charge is 0.323 e. The van der Waals surface area contributed by atoms with Gasteiger partial charge in [0, 0.05) is 23.0 Å². The number of nitrogens with one attached hydrogen (secondary N) is 4. The number of fused-ring (bicyclic) bond motifs is 1. The van der Waals surface area contributed by atoms with E-state index in [1.807, 2.05) is 48.5 Å². The summed E-state index contributed by atoms with van der Waals surface area (Å²) in [5.41, 5.74) is 5.62. The van der Waals surface area contributed by atoms with Gasteiger partial charge >= 0.3 is 6.03 Å². The predicted molar refractivity (Wildman–Crippen MR) is 118 cm³/mol. The van der Waals surface area contributed by atoms with E-state index in [0.29, 0.717) is 11.4 Å². The molecule has 0 atom stereocenters. The van der Waals surface area contributed by atoms with Gasteiger partial charge < -0.3 is 10.6 Å². The Morgan fingerprint density at radius 2 is 1.65 bits per heavy atom. The van der Waals surface area contributed by atoms with E-state index in [0.717, 1.165) is 33.4 Å². The molecule has 0 saturated heterocycles. The lowest BCUT2D eigenvalue weighted by atomic mass is 10.0. The first-order chi connectivity index (χ1) is 15.2. The molecule has 5 aromatic rings. The minimum Gasteiger partial charge on any atom is -0.308 e. The quantitative estimate of drug-likeness (QED) is 0.318. The fourth-order valence-corrected chi connectivity index (χ4v) is 3.40. The molecule has 0 aliphatic rings. The van der Waals surface area contributed by atoms with Gasteiger partial charge in [-0.2, -0.15) is 10.2 Å². The van der Waals surface area contributed by atoms with Crippen molar-refractivity contribution in [1.29, 1.82) is 0 Å². The first kappa shape index (κ1) is 18.6. The van der Waals surface area contributed by atoms with E-state index >= 15 is 0 Å². The zero-order valence-electron chi connectivity index (χ0n) is 16.2. The molecule has 5 rings (SSSR count). The van der Waals surface area contributed by atoms with Gasteiger partial charge in [0.2, 0.25) is 0 Å². The highest BCUT2D eigenvalue weighted by atomic mass is 19.1. The normalized spacial score (nSPS) is 10.9. The monoisotopic (exact) mass is 412 g/mol. The highest BCUT2D eigenvalue weighted by Crippen LogP contribution is 2.29. The SMILES string of the molecule is O=C(Nc1ccc(-c2ccc3c(-c4ccn[nH]4)n[nH]c3c2)cc1)Nc1cccc(F)c1. The van der Waals surface area contributed by atoms with Gasteiger partial charge in [0.15, 0.2) is 0 Å². The maximum absolute atomic E-state index is 13.2. The fourth-order valence-electron chi connectivity index (χ4n) is 3.40. The van der Waals surface area contributed by atoms with E-state index in [1.54, 1.807) is 12.3 Å². The standard InChI is InChI=1S/C23H17FN6O/c24-16-2-1-3-18(13-16)27-23(31)26-17-7-4-14(5-8-17)15-6-9-19-21(12-15)29-30-22(19)20-10-11-25-28-20/h1-13H,(H,25,28)(H,29,30)(H2,26,27,31). The molecule has 2 amide bonds. The molecule has 0 saturated carbocycles. The molecule has 2 heterocycles. The number of hydrogen-bond acceptors (Lipinski definition) is 3. The van der Waals surface area contributed by atoms with Crippen LogP contribution in [0, 0.1) is 5.82 Å². The molecule has 4 N–H and O–H groups in total. The summed E-state index contributed by atoms with van der Waals surface area (Å²) in [4.78, 5) is 12.1. The van der Waals surface area contributed by atoms with Crippen molar-refractivity contribution in [1.82, 2.24) is 20.4 Å². The molecule has 0 radical (unpaired) electrons. The summed E-state index contributed by atoms with van der Waals surface area (Å²) in [6.45, 7) is 0. The van der Waals surface area contributed by atoms with Crippen LogP contribution >= 0.6 is 0 Å². The van der Waals surface area contributed by atoms with Gasteiger partial charge in [-0.25, -0.2) is 9.18 Å². The molecular formula is C23H17FN6O. The third-order valence-electron chi connectivity index (χ3n) is 4.88. The van der Waals surface area contributed by atoms with Gasteiger partial charge in [0.05, 0.1) is 11.2 Å². The van der Waals surface area contributed by atoms with E-state index in [-0.39, 0.29) is 0 Å². The molecule has 2 aromatic heterocycles. The Hall–Kier alpha value is -4.46. The van der Waals surface area contributed by atoms with Crippen LogP contribution in [0.15, 0.2) is 79.0 Å². The fraction of sp³-hybridized carbons (Fsp3) is 0. The van der Waals surface area contributed by atoms with Gasteiger partial charge in [-0.1, -0.05) is 24.3 Å². The summed E-state index contributed by atoms with van der Waals surface area (Å²) in [7, 11) is 0. The summed E-state index contributed by atoms with van der Waals surface area (Å²) in [5, 5.41) is 20.7. The van der Waals surface area contributed by atoms with Crippen LogP contribution in [0.5, 0.6) is 0 Å². The van der Waals surface area contributed by atoms with Crippen LogP contribution in [-0.2, 0) is 0 Å². The van der Waals surface area contributed by atoms with Crippen molar-refractivity contribution >= 4 is 28.3 Å². The number of carbonyl (C=O) groups is 1. The number of nitrogens with zero attached hydrogens (tertiary/aromatic N) is 2. The minimum absolute atomic E-state index is 0.386. The second-order valence-corrected chi connectivity index (χ2v) is 6.97. The lowest BCUT2D eigenvalue weighted by Crippen LogP contribution is -2.19. The third kappa shape index (κ3) is 3.86. The molecule has 0 aliphatic carbocycles. The first-order valence-electron chi connectivity index (χ1n) is 9.57. The second kappa shape index (κ2) is 7.75. The molecule has 0 fully saturated rings. The Bertz CT molecular complexity index is 1360. The van der Waals surface area contributed by atoms with E-state index < -0.39 is 11.8 Å². The zero-order chi connectivity index (χ0) is 21.2. The van der Waals surface area contributed by atoms with E-state index in [1.165, 1.54) is 18.2 Å². The topological polar surface area (TPSA) is 98.5 Å². The van der Waals surface area contributed by atoms with Crippen LogP contribution in [0.2, 0.25) is 0 Å². The molecule has 152 valence electrons. The number of hydrogen-bond donors (Lipinski definition) is 4. The predicted octanol–water partition coefficient (Wildman–Crippen LogP) is 5.40. The average molecular weight is 412 g/mol. The summed E-state index contributed by atoms with van der Waals surface area (Å²) in [6, 6.07) is 20.7. The molecular weight excluding hydrogens is 395 g/mol. The van der Waals surface area contributed by atoms with Gasteiger partial charge in [-0.3, -0.25) is 10.2 Å². The van der Waals surface area contributed by atoms with Gasteiger partial charge in [0.1, 0.15) is 11.5 Å². The number of urea groups is 1. The molecule has 0 aliphatic heterocycles. The number of aromatic nitrogens is 4. The lowest BCUT2D eigenvalue weighted by molar-refractivity contribution is 0.262. The van der Waals surface area contributed by atoms with E-state index in [9.17, 15) is 9.18 Å². The highest BCUT2D eigenvalue weighted by Gasteiger charge is 2.10. The maximum Gasteiger partial charge on any atom is 0.323 e. The molecule has 0 unspecified atom stereocenters. The van der Waals surface area contributed by atoms with Crippen molar-refractivity contribution in [2.24, 2.45) is 0 Å². The van der Waals surface area contributed by atoms with Gasteiger partial charge in [-0.05, 0) is 59.7 Å². The van der Waals surface area contributed by atoms with Crippen LogP contribution in [-0.4, -0.2) is 26.4 Å². The number of benzene rings is 3. The first-order valence-corrected chi connectivity index (χ1v) is 9.57. The Balaban J connectivity index is 1.31. The van der Waals surface area contributed by atoms with Crippen LogP contribution in [0.3, 0.4) is 0 Å². The molecule has 0 bridgehead atoms. The van der Waals surface area contributed by atoms with Crippen LogP contribution in [0.1, 0.15) is 0 Å². The van der Waals surface area contributed by atoms with E-state index in [2.05, 4.69) is 31.0 Å². The Morgan fingerprint density at radius 1 is 0.839 bits per heavy atom. The van der Waals surface area contributed by atoms with Crippen molar-refractivity contribution in [2.45, 2.75) is 0 Å². The van der Waals surface area contributed by atoms with Crippen molar-refractivity contribution < 1.29 is 9.18 Å². The van der Waals surface area contributed by atoms with Crippen molar-refractivity contribution in [3.8, 4) is 22.5 Å². The molecule has 7 nitrogen and oxygen atoms in total. The van der Waals surface area contributed by atoms with Crippen LogP contribution in [0.25, 0.3) is 33.4 Å². The van der Waals surface area contributed by atoms with Crippen LogP contribution in [0.4, 0.5) is 20.6 Å². The number of rotatable bonds is 4. The van der Waals surface area contributed by atoms with Crippen molar-refractivity contribution in [3.63, 3.8) is 0 Å². The number of anilines is 2. The summed E-state index contributed by atoms with van der Waals surface area (Å²) in [6.07, 6.45) is 1.69. The van der Waals surface area contributed by atoms with Crippen LogP contribution < -0.4 is 10.6 Å². The van der Waals surface area contributed by atoms with Gasteiger partial charge in [-0.15, -0.1) is 0 Å². The Labute approximate surface area is 176 Å². The summed E-state index contributed by atoms with van der Waals surface area (Å²) in [5.74, 6) is -0.409. The Kier molecular flexibility index (Phi) is 4.64. The lowest BCUT2D eigenvalue weighted by Gasteiger charge is -2.09. The Morgan fingerprint density at radius 3 is 2.42 bits per heavy atom. The zero-order valence-corrected chi connectivity index (χ0v) is 16.2. The van der Waals surface area contributed by atoms with Crippen molar-refractivity contribution in [2.75, 3.05) is 10.6 Å². The molecule has 3 aromatic carbocycles. The highest BCUT2D eigenvalue weighted by molar-refractivity contribution is 6.00. The summed E-state index contributed by atoms with van der Waals surface area (Å²) < 4.78 is 13.2.